The lowest BCUT2D eigenvalue weighted by molar-refractivity contribution is 0.260. The zero-order chi connectivity index (χ0) is 17.9. The third kappa shape index (κ3) is 3.52. The second kappa shape index (κ2) is 7.60. The average Bonchev–Trinajstić information content (AvgIpc) is 3.07. The molecule has 6 heteroatoms. The Balaban J connectivity index is 1.32. The number of methoxy groups -OCH3 is 1. The third-order valence-corrected chi connectivity index (χ3v) is 6.10. The lowest BCUT2D eigenvalue weighted by Crippen LogP contribution is -2.47. The SMILES string of the molecule is COc1ccccc1N1CCN(CCc2ccc3c(c2)S(=O)C=N3)CC1. The summed E-state index contributed by atoms with van der Waals surface area (Å²) in [5.74, 6) is 0.939. The first-order chi connectivity index (χ1) is 12.7. The second-order valence-electron chi connectivity index (χ2n) is 6.58. The van der Waals surface area contributed by atoms with Crippen molar-refractivity contribution >= 4 is 27.7 Å². The van der Waals surface area contributed by atoms with Gasteiger partial charge >= 0.3 is 0 Å². The maximum Gasteiger partial charge on any atom is 0.142 e. The summed E-state index contributed by atoms with van der Waals surface area (Å²) in [6.45, 7) is 5.10. The number of aliphatic imine (C=N–C) groups is 1. The predicted molar refractivity (Wildman–Crippen MR) is 106 cm³/mol. The summed E-state index contributed by atoms with van der Waals surface area (Å²) in [5.41, 5.74) is 4.77. The van der Waals surface area contributed by atoms with E-state index in [1.807, 2.05) is 24.3 Å². The molecular weight excluding hydrogens is 346 g/mol. The normalized spacial score (nSPS) is 19.6. The van der Waals surface area contributed by atoms with Crippen molar-refractivity contribution in [3.8, 4) is 5.75 Å². The van der Waals surface area contributed by atoms with Gasteiger partial charge in [0, 0.05) is 32.7 Å². The summed E-state index contributed by atoms with van der Waals surface area (Å²) in [7, 11) is 0.657. The zero-order valence-corrected chi connectivity index (χ0v) is 15.7. The number of ether oxygens (including phenoxy) is 1. The third-order valence-electron chi connectivity index (χ3n) is 5.04. The van der Waals surface area contributed by atoms with E-state index in [4.69, 9.17) is 4.74 Å². The standard InChI is InChI=1S/C20H23N3O2S/c1-25-19-5-3-2-4-18(19)23-12-10-22(11-13-23)9-8-16-6-7-17-20(14-16)26(24)15-21-17/h2-7,14-15H,8-13H2,1H3. The first kappa shape index (κ1) is 17.2. The Bertz CT molecular complexity index is 845. The van der Waals surface area contributed by atoms with Gasteiger partial charge in [-0.3, -0.25) is 4.90 Å². The van der Waals surface area contributed by atoms with Crippen LogP contribution in [0.2, 0.25) is 0 Å². The highest BCUT2D eigenvalue weighted by Crippen LogP contribution is 2.29. The Morgan fingerprint density at radius 2 is 1.92 bits per heavy atom. The number of anilines is 1. The fourth-order valence-electron chi connectivity index (χ4n) is 3.53. The number of benzene rings is 2. The molecule has 1 saturated heterocycles. The van der Waals surface area contributed by atoms with E-state index in [0.717, 1.165) is 55.5 Å². The van der Waals surface area contributed by atoms with Gasteiger partial charge in [-0.15, -0.1) is 0 Å². The fraction of sp³-hybridized carbons (Fsp3) is 0.350. The van der Waals surface area contributed by atoms with Gasteiger partial charge in [-0.1, -0.05) is 18.2 Å². The quantitative estimate of drug-likeness (QED) is 0.813. The van der Waals surface area contributed by atoms with E-state index >= 15 is 0 Å². The van der Waals surface area contributed by atoms with Crippen LogP contribution < -0.4 is 9.64 Å². The van der Waals surface area contributed by atoms with E-state index in [1.165, 1.54) is 16.8 Å². The van der Waals surface area contributed by atoms with E-state index in [2.05, 4.69) is 33.0 Å². The number of hydrogen-bond donors (Lipinski definition) is 0. The maximum atomic E-state index is 11.9. The van der Waals surface area contributed by atoms with Gasteiger partial charge in [0.2, 0.25) is 0 Å². The molecule has 2 aromatic carbocycles. The number of fused-ring (bicyclic) bond motifs is 1. The van der Waals surface area contributed by atoms with E-state index in [1.54, 1.807) is 7.11 Å². The van der Waals surface area contributed by atoms with Gasteiger partial charge < -0.3 is 9.64 Å². The smallest absolute Gasteiger partial charge is 0.142 e. The summed E-state index contributed by atoms with van der Waals surface area (Å²) in [5, 5.41) is 0. The first-order valence-electron chi connectivity index (χ1n) is 8.92. The molecule has 1 atom stereocenters. The summed E-state index contributed by atoms with van der Waals surface area (Å²) in [6, 6.07) is 14.3. The minimum Gasteiger partial charge on any atom is -0.495 e. The van der Waals surface area contributed by atoms with Crippen molar-refractivity contribution in [3.63, 3.8) is 0 Å². The Kier molecular flexibility index (Phi) is 5.04. The van der Waals surface area contributed by atoms with Crippen molar-refractivity contribution < 1.29 is 8.95 Å². The Labute approximate surface area is 156 Å². The molecule has 1 fully saturated rings. The van der Waals surface area contributed by atoms with Crippen LogP contribution in [0.15, 0.2) is 52.4 Å². The molecule has 5 nitrogen and oxygen atoms in total. The van der Waals surface area contributed by atoms with Gasteiger partial charge in [-0.25, -0.2) is 9.20 Å². The molecule has 0 radical (unpaired) electrons. The Hall–Kier alpha value is -2.18. The van der Waals surface area contributed by atoms with Crippen LogP contribution in [0.5, 0.6) is 5.75 Å². The van der Waals surface area contributed by atoms with Crippen LogP contribution in [-0.2, 0) is 17.2 Å². The minimum atomic E-state index is -1.07. The van der Waals surface area contributed by atoms with E-state index in [-0.39, 0.29) is 0 Å². The molecule has 0 saturated carbocycles. The van der Waals surface area contributed by atoms with E-state index in [9.17, 15) is 4.21 Å². The van der Waals surface area contributed by atoms with Crippen LogP contribution in [0.25, 0.3) is 0 Å². The van der Waals surface area contributed by atoms with Crippen molar-refractivity contribution in [2.75, 3.05) is 44.7 Å². The van der Waals surface area contributed by atoms with Crippen LogP contribution in [0.3, 0.4) is 0 Å². The lowest BCUT2D eigenvalue weighted by Gasteiger charge is -2.36. The van der Waals surface area contributed by atoms with Crippen molar-refractivity contribution in [1.82, 2.24) is 4.90 Å². The summed E-state index contributed by atoms with van der Waals surface area (Å²) < 4.78 is 17.4. The maximum absolute atomic E-state index is 11.9. The predicted octanol–water partition coefficient (Wildman–Crippen LogP) is 2.84. The molecule has 136 valence electrons. The molecule has 2 aromatic rings. The topological polar surface area (TPSA) is 45.1 Å². The van der Waals surface area contributed by atoms with Gasteiger partial charge in [0.05, 0.1) is 39.7 Å². The average molecular weight is 369 g/mol. The first-order valence-corrected chi connectivity index (χ1v) is 10.1. The van der Waals surface area contributed by atoms with E-state index < -0.39 is 10.8 Å². The summed E-state index contributed by atoms with van der Waals surface area (Å²) in [4.78, 5) is 9.91. The minimum absolute atomic E-state index is 0.845. The number of hydrogen-bond acceptors (Lipinski definition) is 5. The van der Waals surface area contributed by atoms with Gasteiger partial charge in [-0.05, 0) is 36.2 Å². The summed E-state index contributed by atoms with van der Waals surface area (Å²) >= 11 is 0. The molecule has 0 aromatic heterocycles. The molecule has 0 amide bonds. The van der Waals surface area contributed by atoms with Crippen LogP contribution in [0, 0.1) is 0 Å². The molecule has 0 bridgehead atoms. The van der Waals surface area contributed by atoms with E-state index in [0.29, 0.717) is 0 Å². The second-order valence-corrected chi connectivity index (χ2v) is 7.83. The number of piperazine rings is 1. The highest BCUT2D eigenvalue weighted by Gasteiger charge is 2.20. The fourth-order valence-corrected chi connectivity index (χ4v) is 4.45. The largest absolute Gasteiger partial charge is 0.495 e. The Morgan fingerprint density at radius 1 is 1.12 bits per heavy atom. The molecule has 4 rings (SSSR count). The van der Waals surface area contributed by atoms with Gasteiger partial charge in [0.1, 0.15) is 5.75 Å². The van der Waals surface area contributed by atoms with Gasteiger partial charge in [0.15, 0.2) is 0 Å². The number of para-hydroxylation sites is 2. The highest BCUT2D eigenvalue weighted by molar-refractivity contribution is 7.99. The lowest BCUT2D eigenvalue weighted by atomic mass is 10.1. The van der Waals surface area contributed by atoms with Crippen molar-refractivity contribution in [2.45, 2.75) is 11.3 Å². The number of rotatable bonds is 5. The van der Waals surface area contributed by atoms with Crippen LogP contribution >= 0.6 is 0 Å². The molecule has 2 aliphatic heterocycles. The molecule has 26 heavy (non-hydrogen) atoms. The van der Waals surface area contributed by atoms with Gasteiger partial charge in [-0.2, -0.15) is 0 Å². The molecule has 2 heterocycles. The Morgan fingerprint density at radius 3 is 2.73 bits per heavy atom. The highest BCUT2D eigenvalue weighted by atomic mass is 32.2. The van der Waals surface area contributed by atoms with Gasteiger partial charge in [0.25, 0.3) is 0 Å². The number of nitrogens with zero attached hydrogens (tertiary/aromatic N) is 3. The van der Waals surface area contributed by atoms with Crippen molar-refractivity contribution in [1.29, 1.82) is 0 Å². The molecule has 2 aliphatic rings. The van der Waals surface area contributed by atoms with Crippen LogP contribution in [-0.4, -0.2) is 54.5 Å². The molecule has 0 N–H and O–H groups in total. The van der Waals surface area contributed by atoms with Crippen molar-refractivity contribution in [2.24, 2.45) is 4.99 Å². The zero-order valence-electron chi connectivity index (χ0n) is 14.9. The molecule has 1 unspecified atom stereocenters. The van der Waals surface area contributed by atoms with Crippen LogP contribution in [0.1, 0.15) is 5.56 Å². The molecular formula is C20H23N3O2S. The monoisotopic (exact) mass is 369 g/mol. The molecule has 0 aliphatic carbocycles. The van der Waals surface area contributed by atoms with Crippen molar-refractivity contribution in [3.05, 3.63) is 48.0 Å². The van der Waals surface area contributed by atoms with Crippen LogP contribution in [0.4, 0.5) is 11.4 Å². The molecule has 0 spiro atoms. The summed E-state index contributed by atoms with van der Waals surface area (Å²) in [6.07, 6.45) is 0.971.